The fraction of sp³-hybridized carbons (Fsp3) is 0.600. The molecule has 2 atom stereocenters. The Kier molecular flexibility index (Phi) is 4.00. The fourth-order valence-electron chi connectivity index (χ4n) is 2.86. The van der Waals surface area contributed by atoms with Crippen molar-refractivity contribution < 1.29 is 0 Å². The molecular weight excluding hydrogens is 194 g/mol. The van der Waals surface area contributed by atoms with Crippen LogP contribution in [0.1, 0.15) is 51.0 Å². The van der Waals surface area contributed by atoms with E-state index in [0.717, 1.165) is 5.92 Å². The van der Waals surface area contributed by atoms with Crippen LogP contribution in [0.4, 0.5) is 0 Å². The first-order chi connectivity index (χ1) is 7.77. The molecule has 1 heteroatoms. The minimum Gasteiger partial charge on any atom is -0.311 e. The number of nitrogens with one attached hydrogen (secondary N) is 1. The molecule has 1 aliphatic rings. The van der Waals surface area contributed by atoms with E-state index in [2.05, 4.69) is 49.5 Å². The lowest BCUT2D eigenvalue weighted by Crippen LogP contribution is -2.41. The maximum atomic E-state index is 3.73. The molecule has 0 bridgehead atoms. The molecule has 1 aromatic carbocycles. The lowest BCUT2D eigenvalue weighted by atomic mass is 9.80. The van der Waals surface area contributed by atoms with E-state index in [1.807, 2.05) is 0 Å². The molecule has 1 saturated carbocycles. The van der Waals surface area contributed by atoms with E-state index in [4.69, 9.17) is 0 Å². The van der Waals surface area contributed by atoms with Crippen LogP contribution in [-0.2, 0) is 0 Å². The summed E-state index contributed by atoms with van der Waals surface area (Å²) < 4.78 is 0. The van der Waals surface area contributed by atoms with Gasteiger partial charge in [0.15, 0.2) is 0 Å². The topological polar surface area (TPSA) is 12.0 Å². The third-order valence-electron chi connectivity index (χ3n) is 3.54. The zero-order valence-electron chi connectivity index (χ0n) is 10.4. The van der Waals surface area contributed by atoms with Crippen LogP contribution in [0.15, 0.2) is 30.3 Å². The average molecular weight is 217 g/mol. The molecule has 0 aliphatic heterocycles. The molecule has 88 valence electrons. The molecule has 0 aromatic heterocycles. The predicted octanol–water partition coefficient (Wildman–Crippen LogP) is 3.71. The fourth-order valence-corrected chi connectivity index (χ4v) is 2.86. The van der Waals surface area contributed by atoms with Crippen LogP contribution < -0.4 is 5.32 Å². The van der Waals surface area contributed by atoms with E-state index in [9.17, 15) is 0 Å². The highest BCUT2D eigenvalue weighted by Crippen LogP contribution is 2.33. The maximum Gasteiger partial charge on any atom is 0.0138 e. The van der Waals surface area contributed by atoms with E-state index in [-0.39, 0.29) is 0 Å². The van der Waals surface area contributed by atoms with E-state index >= 15 is 0 Å². The van der Waals surface area contributed by atoms with Gasteiger partial charge in [-0.15, -0.1) is 0 Å². The molecule has 1 fully saturated rings. The van der Waals surface area contributed by atoms with Gasteiger partial charge in [-0.25, -0.2) is 0 Å². The minimum atomic E-state index is 0.592. The number of rotatable bonds is 3. The Morgan fingerprint density at radius 2 is 1.75 bits per heavy atom. The second-order valence-electron chi connectivity index (χ2n) is 5.23. The zero-order valence-corrected chi connectivity index (χ0v) is 10.4. The second-order valence-corrected chi connectivity index (χ2v) is 5.23. The van der Waals surface area contributed by atoms with Gasteiger partial charge < -0.3 is 5.32 Å². The lowest BCUT2D eigenvalue weighted by Gasteiger charge is -2.34. The number of hydrogen-bond acceptors (Lipinski definition) is 1. The van der Waals surface area contributed by atoms with Gasteiger partial charge in [0.25, 0.3) is 0 Å². The van der Waals surface area contributed by atoms with E-state index < -0.39 is 0 Å². The van der Waals surface area contributed by atoms with Crippen LogP contribution in [0.25, 0.3) is 0 Å². The highest BCUT2D eigenvalue weighted by atomic mass is 14.9. The van der Waals surface area contributed by atoms with Crippen molar-refractivity contribution in [2.45, 2.75) is 57.5 Å². The number of benzene rings is 1. The molecule has 1 N–H and O–H groups in total. The zero-order chi connectivity index (χ0) is 11.4. The number of hydrogen-bond donors (Lipinski definition) is 1. The van der Waals surface area contributed by atoms with Crippen LogP contribution in [0.5, 0.6) is 0 Å². The highest BCUT2D eigenvalue weighted by molar-refractivity contribution is 5.22. The van der Waals surface area contributed by atoms with Gasteiger partial charge in [0.1, 0.15) is 0 Å². The Hall–Kier alpha value is -0.820. The minimum absolute atomic E-state index is 0.592. The van der Waals surface area contributed by atoms with E-state index in [0.29, 0.717) is 12.1 Å². The van der Waals surface area contributed by atoms with Gasteiger partial charge in [-0.2, -0.15) is 0 Å². The maximum absolute atomic E-state index is 3.73. The normalized spacial score (nSPS) is 25.9. The third kappa shape index (κ3) is 2.85. The summed E-state index contributed by atoms with van der Waals surface area (Å²) in [5.74, 6) is 0.720. The molecule has 0 heterocycles. The summed E-state index contributed by atoms with van der Waals surface area (Å²) in [6, 6.07) is 12.3. The van der Waals surface area contributed by atoms with E-state index in [1.165, 1.54) is 31.2 Å². The Morgan fingerprint density at radius 3 is 2.44 bits per heavy atom. The van der Waals surface area contributed by atoms with Crippen LogP contribution >= 0.6 is 0 Å². The van der Waals surface area contributed by atoms with Crippen LogP contribution in [0, 0.1) is 0 Å². The first-order valence-corrected chi connectivity index (χ1v) is 6.58. The summed E-state index contributed by atoms with van der Waals surface area (Å²) >= 11 is 0. The predicted molar refractivity (Wildman–Crippen MR) is 69.7 cm³/mol. The first-order valence-electron chi connectivity index (χ1n) is 6.58. The summed E-state index contributed by atoms with van der Waals surface area (Å²) in [6.07, 6.45) is 5.44. The Bertz CT molecular complexity index is 304. The van der Waals surface area contributed by atoms with Gasteiger partial charge in [-0.1, -0.05) is 57.0 Å². The highest BCUT2D eigenvalue weighted by Gasteiger charge is 2.26. The summed E-state index contributed by atoms with van der Waals surface area (Å²) in [7, 11) is 0. The van der Waals surface area contributed by atoms with Gasteiger partial charge in [0.2, 0.25) is 0 Å². The summed E-state index contributed by atoms with van der Waals surface area (Å²) in [4.78, 5) is 0. The van der Waals surface area contributed by atoms with Crippen molar-refractivity contribution in [2.75, 3.05) is 0 Å². The second kappa shape index (κ2) is 5.49. The van der Waals surface area contributed by atoms with Crippen molar-refractivity contribution in [1.82, 2.24) is 5.32 Å². The Labute approximate surface area is 99.3 Å². The monoisotopic (exact) mass is 217 g/mol. The molecule has 1 nitrogen and oxygen atoms in total. The summed E-state index contributed by atoms with van der Waals surface area (Å²) in [6.45, 7) is 4.49. The van der Waals surface area contributed by atoms with Crippen molar-refractivity contribution >= 4 is 0 Å². The molecule has 0 spiro atoms. The SMILES string of the molecule is CC(C)NC1CCCCC1c1ccccc1. The van der Waals surface area contributed by atoms with Gasteiger partial charge >= 0.3 is 0 Å². The molecule has 2 rings (SSSR count). The summed E-state index contributed by atoms with van der Waals surface area (Å²) in [5, 5.41) is 3.73. The van der Waals surface area contributed by atoms with Crippen molar-refractivity contribution in [3.05, 3.63) is 35.9 Å². The smallest absolute Gasteiger partial charge is 0.0138 e. The summed E-state index contributed by atoms with van der Waals surface area (Å²) in [5.41, 5.74) is 1.51. The average Bonchev–Trinajstić information content (AvgIpc) is 2.30. The van der Waals surface area contributed by atoms with Crippen molar-refractivity contribution in [3.8, 4) is 0 Å². The van der Waals surface area contributed by atoms with Gasteiger partial charge in [-0.3, -0.25) is 0 Å². The van der Waals surface area contributed by atoms with Crippen LogP contribution in [0.3, 0.4) is 0 Å². The molecular formula is C15H23N. The molecule has 0 saturated heterocycles. The van der Waals surface area contributed by atoms with Crippen molar-refractivity contribution in [3.63, 3.8) is 0 Å². The third-order valence-corrected chi connectivity index (χ3v) is 3.54. The standard InChI is InChI=1S/C15H23N/c1-12(2)16-15-11-7-6-10-14(15)13-8-4-3-5-9-13/h3-5,8-9,12,14-16H,6-7,10-11H2,1-2H3. The molecule has 0 amide bonds. The van der Waals surface area contributed by atoms with Crippen molar-refractivity contribution in [1.29, 1.82) is 0 Å². The van der Waals surface area contributed by atoms with Crippen LogP contribution in [-0.4, -0.2) is 12.1 Å². The largest absolute Gasteiger partial charge is 0.311 e. The molecule has 0 radical (unpaired) electrons. The lowest BCUT2D eigenvalue weighted by molar-refractivity contribution is 0.310. The van der Waals surface area contributed by atoms with Gasteiger partial charge in [0, 0.05) is 12.1 Å². The molecule has 1 aliphatic carbocycles. The van der Waals surface area contributed by atoms with Crippen LogP contribution in [0.2, 0.25) is 0 Å². The Balaban J connectivity index is 2.10. The Morgan fingerprint density at radius 1 is 1.06 bits per heavy atom. The quantitative estimate of drug-likeness (QED) is 0.814. The molecule has 1 aromatic rings. The van der Waals surface area contributed by atoms with E-state index in [1.54, 1.807) is 0 Å². The first kappa shape index (κ1) is 11.7. The van der Waals surface area contributed by atoms with Gasteiger partial charge in [-0.05, 0) is 24.3 Å². The molecule has 16 heavy (non-hydrogen) atoms. The molecule has 2 unspecified atom stereocenters. The van der Waals surface area contributed by atoms with Gasteiger partial charge in [0.05, 0.1) is 0 Å². The van der Waals surface area contributed by atoms with Crippen molar-refractivity contribution in [2.24, 2.45) is 0 Å².